The quantitative estimate of drug-likeness (QED) is 0.783. The van der Waals surface area contributed by atoms with Gasteiger partial charge in [-0.15, -0.1) is 0 Å². The number of thioether (sulfide) groups is 1. The lowest BCUT2D eigenvalue weighted by molar-refractivity contribution is -0.220. The summed E-state index contributed by atoms with van der Waals surface area (Å²) in [6, 6.07) is 10.2. The molecule has 2 saturated heterocycles. The molecule has 0 aromatic heterocycles. The van der Waals surface area contributed by atoms with Gasteiger partial charge in [0, 0.05) is 17.4 Å². The molecular formula is C16H18O4S. The van der Waals surface area contributed by atoms with E-state index in [9.17, 15) is 9.59 Å². The number of rotatable bonds is 5. The maximum absolute atomic E-state index is 11.5. The fourth-order valence-electron chi connectivity index (χ4n) is 3.03. The van der Waals surface area contributed by atoms with Gasteiger partial charge in [0.25, 0.3) is 5.79 Å². The number of hydrogen-bond acceptors (Lipinski definition) is 5. The first-order valence-corrected chi connectivity index (χ1v) is 8.31. The summed E-state index contributed by atoms with van der Waals surface area (Å²) in [7, 11) is 0. The minimum Gasteiger partial charge on any atom is -0.422 e. The summed E-state index contributed by atoms with van der Waals surface area (Å²) in [5.41, 5.74) is 1.26. The fourth-order valence-corrected chi connectivity index (χ4v) is 4.17. The number of carbonyl (C=O) groups excluding carboxylic acids is 2. The van der Waals surface area contributed by atoms with Gasteiger partial charge in [-0.25, -0.2) is 0 Å². The predicted octanol–water partition coefficient (Wildman–Crippen LogP) is 2.76. The van der Waals surface area contributed by atoms with Crippen LogP contribution in [0.15, 0.2) is 30.3 Å². The molecule has 0 bridgehead atoms. The molecule has 1 aromatic carbocycles. The Balaban J connectivity index is 1.60. The highest BCUT2D eigenvalue weighted by molar-refractivity contribution is 7.98. The molecule has 0 aliphatic carbocycles. The largest absolute Gasteiger partial charge is 0.422 e. The van der Waals surface area contributed by atoms with Crippen LogP contribution in [-0.2, 0) is 24.8 Å². The summed E-state index contributed by atoms with van der Waals surface area (Å²) in [5.74, 6) is 0.0243. The second kappa shape index (κ2) is 5.72. The molecule has 1 aromatic rings. The number of ether oxygens (including phenoxy) is 2. The van der Waals surface area contributed by atoms with E-state index in [4.69, 9.17) is 9.47 Å². The third-order valence-corrected chi connectivity index (χ3v) is 5.38. The van der Waals surface area contributed by atoms with E-state index in [1.165, 1.54) is 5.56 Å². The lowest BCUT2D eigenvalue weighted by Gasteiger charge is -2.31. The van der Waals surface area contributed by atoms with Gasteiger partial charge in [-0.3, -0.25) is 9.59 Å². The highest BCUT2D eigenvalue weighted by Gasteiger charge is 2.60. The topological polar surface area (TPSA) is 52.6 Å². The molecule has 0 amide bonds. The van der Waals surface area contributed by atoms with Crippen molar-refractivity contribution in [3.8, 4) is 0 Å². The van der Waals surface area contributed by atoms with Gasteiger partial charge in [0.2, 0.25) is 0 Å². The average Bonchev–Trinajstić information content (AvgIpc) is 2.91. The van der Waals surface area contributed by atoms with Crippen molar-refractivity contribution in [2.75, 3.05) is 5.75 Å². The van der Waals surface area contributed by atoms with Gasteiger partial charge in [0.1, 0.15) is 0 Å². The first-order valence-electron chi connectivity index (χ1n) is 7.15. The Morgan fingerprint density at radius 3 is 2.43 bits per heavy atom. The van der Waals surface area contributed by atoms with Crippen LogP contribution < -0.4 is 0 Å². The maximum Gasteiger partial charge on any atom is 0.309 e. The van der Waals surface area contributed by atoms with Crippen molar-refractivity contribution in [3.05, 3.63) is 35.9 Å². The number of esters is 2. The summed E-state index contributed by atoms with van der Waals surface area (Å²) in [6.07, 6.45) is 0.582. The second-order valence-corrected chi connectivity index (χ2v) is 6.71. The van der Waals surface area contributed by atoms with E-state index < -0.39 is 5.79 Å². The van der Waals surface area contributed by atoms with E-state index in [0.717, 1.165) is 11.5 Å². The molecule has 1 atom stereocenters. The molecule has 0 N–H and O–H groups in total. The monoisotopic (exact) mass is 306 g/mol. The van der Waals surface area contributed by atoms with Crippen molar-refractivity contribution in [2.45, 2.75) is 31.3 Å². The first-order chi connectivity index (χ1) is 10.1. The van der Waals surface area contributed by atoms with E-state index in [1.807, 2.05) is 25.1 Å². The van der Waals surface area contributed by atoms with Crippen molar-refractivity contribution >= 4 is 23.7 Å². The number of benzene rings is 1. The summed E-state index contributed by atoms with van der Waals surface area (Å²) >= 11 is 1.76. The van der Waals surface area contributed by atoms with Crippen LogP contribution in [0.25, 0.3) is 0 Å². The minimum absolute atomic E-state index is 0.00545. The summed E-state index contributed by atoms with van der Waals surface area (Å²) < 4.78 is 10.8. The Kier molecular flexibility index (Phi) is 3.93. The maximum atomic E-state index is 11.5. The highest BCUT2D eigenvalue weighted by atomic mass is 32.2. The van der Waals surface area contributed by atoms with Crippen molar-refractivity contribution in [1.82, 2.24) is 0 Å². The van der Waals surface area contributed by atoms with E-state index in [0.29, 0.717) is 12.8 Å². The fraction of sp³-hybridized carbons (Fsp3) is 0.500. The van der Waals surface area contributed by atoms with Gasteiger partial charge in [-0.1, -0.05) is 37.3 Å². The zero-order chi connectivity index (χ0) is 14.9. The molecule has 5 heteroatoms. The molecule has 0 radical (unpaired) electrons. The minimum atomic E-state index is -1.02. The van der Waals surface area contributed by atoms with Crippen LogP contribution in [0.3, 0.4) is 0 Å². The lowest BCUT2D eigenvalue weighted by atomic mass is 9.89. The Labute approximate surface area is 128 Å². The number of hydrogen-bond donors (Lipinski definition) is 0. The highest BCUT2D eigenvalue weighted by Crippen LogP contribution is 2.47. The Bertz CT molecular complexity index is 522. The van der Waals surface area contributed by atoms with Crippen molar-refractivity contribution in [1.29, 1.82) is 0 Å². The van der Waals surface area contributed by atoms with Crippen LogP contribution in [0.4, 0.5) is 0 Å². The lowest BCUT2D eigenvalue weighted by Crippen LogP contribution is -2.42. The average molecular weight is 306 g/mol. The molecule has 2 aliphatic rings. The summed E-state index contributed by atoms with van der Waals surface area (Å²) in [6.45, 7) is 1.99. The van der Waals surface area contributed by atoms with Crippen LogP contribution in [0.5, 0.6) is 0 Å². The zero-order valence-electron chi connectivity index (χ0n) is 11.9. The Morgan fingerprint density at radius 1 is 1.19 bits per heavy atom. The molecule has 0 saturated carbocycles. The van der Waals surface area contributed by atoms with E-state index >= 15 is 0 Å². The molecule has 4 nitrogen and oxygen atoms in total. The number of fused-ring (bicyclic) bond motifs is 1. The van der Waals surface area contributed by atoms with Crippen LogP contribution in [0.2, 0.25) is 0 Å². The molecule has 2 fully saturated rings. The van der Waals surface area contributed by atoms with Crippen molar-refractivity contribution in [2.24, 2.45) is 11.8 Å². The van der Waals surface area contributed by atoms with Gasteiger partial charge in [0.15, 0.2) is 0 Å². The van der Waals surface area contributed by atoms with Crippen LogP contribution in [0, 0.1) is 11.8 Å². The van der Waals surface area contributed by atoms with Crippen molar-refractivity contribution in [3.63, 3.8) is 0 Å². The molecule has 3 rings (SSSR count). The normalized spacial score (nSPS) is 28.9. The van der Waals surface area contributed by atoms with Crippen LogP contribution >= 0.6 is 11.8 Å². The first kappa shape index (κ1) is 14.4. The molecule has 1 unspecified atom stereocenters. The van der Waals surface area contributed by atoms with E-state index in [2.05, 4.69) is 12.1 Å². The SMILES string of the molecule is CC(CSCc1ccccc1)C12OC(=O)CC1CC(=O)O2. The van der Waals surface area contributed by atoms with Gasteiger partial charge >= 0.3 is 11.9 Å². The van der Waals surface area contributed by atoms with Crippen molar-refractivity contribution < 1.29 is 19.1 Å². The number of carbonyl (C=O) groups is 2. The van der Waals surface area contributed by atoms with E-state index in [1.54, 1.807) is 11.8 Å². The summed E-state index contributed by atoms with van der Waals surface area (Å²) in [4.78, 5) is 23.1. The third-order valence-electron chi connectivity index (χ3n) is 4.11. The second-order valence-electron chi connectivity index (χ2n) is 5.68. The molecule has 21 heavy (non-hydrogen) atoms. The molecule has 0 spiro atoms. The Hall–Kier alpha value is -1.49. The summed E-state index contributed by atoms with van der Waals surface area (Å²) in [5, 5.41) is 0. The zero-order valence-corrected chi connectivity index (χ0v) is 12.7. The smallest absolute Gasteiger partial charge is 0.309 e. The molecular weight excluding hydrogens is 288 g/mol. The molecule has 112 valence electrons. The molecule has 2 heterocycles. The predicted molar refractivity (Wildman–Crippen MR) is 79.4 cm³/mol. The van der Waals surface area contributed by atoms with Gasteiger partial charge in [0.05, 0.1) is 18.8 Å². The molecule has 2 aliphatic heterocycles. The van der Waals surface area contributed by atoms with Crippen LogP contribution in [0.1, 0.15) is 25.3 Å². The van der Waals surface area contributed by atoms with Gasteiger partial charge < -0.3 is 9.47 Å². The van der Waals surface area contributed by atoms with Crippen LogP contribution in [-0.4, -0.2) is 23.5 Å². The Morgan fingerprint density at radius 2 is 1.81 bits per heavy atom. The van der Waals surface area contributed by atoms with Gasteiger partial charge in [-0.2, -0.15) is 11.8 Å². The third kappa shape index (κ3) is 2.79. The standard InChI is InChI=1S/C16H18O4S/c1-11(9-21-10-12-5-3-2-4-6-12)16-13(7-14(17)19-16)8-15(18)20-16/h2-6,11,13H,7-10H2,1H3. The van der Waals surface area contributed by atoms with Gasteiger partial charge in [-0.05, 0) is 5.56 Å². The van der Waals surface area contributed by atoms with E-state index in [-0.39, 0.29) is 23.8 Å².